The monoisotopic (exact) mass is 204 g/mol. The van der Waals surface area contributed by atoms with Crippen LogP contribution in [0.5, 0.6) is 0 Å². The number of esters is 2. The zero-order valence-corrected chi connectivity index (χ0v) is 7.82. The first-order valence-corrected chi connectivity index (χ1v) is 5.06. The molecule has 1 fully saturated rings. The maximum Gasteiger partial charge on any atom is 0.326 e. The van der Waals surface area contributed by atoms with Crippen LogP contribution in [0.15, 0.2) is 12.7 Å². The summed E-state index contributed by atoms with van der Waals surface area (Å²) in [6, 6.07) is 0. The summed E-state index contributed by atoms with van der Waals surface area (Å²) in [5, 5.41) is 0. The second-order valence-corrected chi connectivity index (χ2v) is 4.09. The molecule has 72 valence electrons. The standard InChI is InChI=1S/C7H9O5P/c1-2-3-11-13(10)5-4-6(8)12-7(5)9/h2,5,13H,1,3-4H2. The zero-order valence-electron chi connectivity index (χ0n) is 6.82. The van der Waals surface area contributed by atoms with Crippen molar-refractivity contribution in [1.29, 1.82) is 0 Å². The van der Waals surface area contributed by atoms with Crippen LogP contribution in [0, 0.1) is 0 Å². The minimum absolute atomic E-state index is 0.107. The molecule has 13 heavy (non-hydrogen) atoms. The van der Waals surface area contributed by atoms with E-state index in [1.54, 1.807) is 0 Å². The smallest absolute Gasteiger partial charge is 0.326 e. The van der Waals surface area contributed by atoms with Crippen molar-refractivity contribution in [2.75, 3.05) is 6.61 Å². The fourth-order valence-electron chi connectivity index (χ4n) is 0.896. The predicted octanol–water partition coefficient (Wildman–Crippen LogP) is 0.506. The van der Waals surface area contributed by atoms with Gasteiger partial charge in [-0.2, -0.15) is 0 Å². The van der Waals surface area contributed by atoms with Crippen LogP contribution in [0.25, 0.3) is 0 Å². The SMILES string of the molecule is C=CCO[PH](=O)C1CC(=O)OC1=O. The highest BCUT2D eigenvalue weighted by Gasteiger charge is 2.38. The predicted molar refractivity (Wildman–Crippen MR) is 44.7 cm³/mol. The first-order chi connectivity index (χ1) is 6.15. The Morgan fingerprint density at radius 3 is 2.85 bits per heavy atom. The van der Waals surface area contributed by atoms with Gasteiger partial charge < -0.3 is 9.26 Å². The minimum atomic E-state index is -2.53. The third-order valence-corrected chi connectivity index (χ3v) is 2.96. The van der Waals surface area contributed by atoms with Gasteiger partial charge in [0.15, 0.2) is 0 Å². The number of rotatable bonds is 4. The van der Waals surface area contributed by atoms with Crippen LogP contribution < -0.4 is 0 Å². The maximum atomic E-state index is 11.2. The molecule has 0 aromatic rings. The summed E-state index contributed by atoms with van der Waals surface area (Å²) < 4.78 is 20.2. The Bertz CT molecular complexity index is 272. The van der Waals surface area contributed by atoms with Crippen molar-refractivity contribution >= 4 is 20.0 Å². The van der Waals surface area contributed by atoms with Crippen molar-refractivity contribution < 1.29 is 23.4 Å². The number of cyclic esters (lactones) is 2. The molecule has 0 spiro atoms. The van der Waals surface area contributed by atoms with Gasteiger partial charge in [0, 0.05) is 0 Å². The molecule has 6 heteroatoms. The number of carbonyl (C=O) groups excluding carboxylic acids is 2. The van der Waals surface area contributed by atoms with E-state index in [4.69, 9.17) is 4.52 Å². The lowest BCUT2D eigenvalue weighted by atomic mass is 10.4. The first kappa shape index (κ1) is 10.2. The lowest BCUT2D eigenvalue weighted by Crippen LogP contribution is -2.10. The lowest BCUT2D eigenvalue weighted by molar-refractivity contribution is -0.151. The van der Waals surface area contributed by atoms with E-state index >= 15 is 0 Å². The summed E-state index contributed by atoms with van der Waals surface area (Å²) in [6.45, 7) is 3.47. The normalized spacial score (nSPS) is 24.2. The van der Waals surface area contributed by atoms with Gasteiger partial charge in [0.05, 0.1) is 13.0 Å². The Morgan fingerprint density at radius 2 is 2.38 bits per heavy atom. The van der Waals surface area contributed by atoms with Gasteiger partial charge in [-0.25, -0.2) is 0 Å². The molecular formula is C7H9O5P. The van der Waals surface area contributed by atoms with Crippen LogP contribution in [0.4, 0.5) is 0 Å². The molecule has 0 aliphatic carbocycles. The highest BCUT2D eigenvalue weighted by Crippen LogP contribution is 2.35. The first-order valence-electron chi connectivity index (χ1n) is 3.67. The topological polar surface area (TPSA) is 69.7 Å². The van der Waals surface area contributed by atoms with Crippen LogP contribution in [0.2, 0.25) is 0 Å². The molecule has 1 aliphatic heterocycles. The molecule has 1 rings (SSSR count). The average Bonchev–Trinajstić information content (AvgIpc) is 2.41. The quantitative estimate of drug-likeness (QED) is 0.288. The van der Waals surface area contributed by atoms with Gasteiger partial charge in [0.2, 0.25) is 8.03 Å². The van der Waals surface area contributed by atoms with E-state index in [2.05, 4.69) is 11.3 Å². The van der Waals surface area contributed by atoms with Crippen molar-refractivity contribution in [3.8, 4) is 0 Å². The van der Waals surface area contributed by atoms with Gasteiger partial charge in [0.1, 0.15) is 5.66 Å². The third kappa shape index (κ3) is 2.50. The van der Waals surface area contributed by atoms with Crippen molar-refractivity contribution in [3.63, 3.8) is 0 Å². The van der Waals surface area contributed by atoms with E-state index < -0.39 is 25.6 Å². The summed E-state index contributed by atoms with van der Waals surface area (Å²) in [5.41, 5.74) is -0.905. The molecule has 5 nitrogen and oxygen atoms in total. The Morgan fingerprint density at radius 1 is 1.69 bits per heavy atom. The van der Waals surface area contributed by atoms with E-state index in [1.165, 1.54) is 6.08 Å². The molecule has 0 radical (unpaired) electrons. The van der Waals surface area contributed by atoms with Crippen LogP contribution in [0.1, 0.15) is 6.42 Å². The molecule has 1 aliphatic rings. The fraction of sp³-hybridized carbons (Fsp3) is 0.429. The summed E-state index contributed by atoms with van der Waals surface area (Å²) in [6.07, 6.45) is 1.28. The number of hydrogen-bond acceptors (Lipinski definition) is 5. The van der Waals surface area contributed by atoms with Gasteiger partial charge in [-0.15, -0.1) is 6.58 Å². The van der Waals surface area contributed by atoms with E-state index in [0.29, 0.717) is 0 Å². The second kappa shape index (κ2) is 4.35. The highest BCUT2D eigenvalue weighted by atomic mass is 31.1. The summed E-state index contributed by atoms with van der Waals surface area (Å²) in [5.74, 6) is -1.39. The van der Waals surface area contributed by atoms with Crippen LogP contribution >= 0.6 is 8.03 Å². The molecule has 1 saturated heterocycles. The molecule has 2 atom stereocenters. The third-order valence-electron chi connectivity index (χ3n) is 1.50. The van der Waals surface area contributed by atoms with Gasteiger partial charge in [-0.3, -0.25) is 14.2 Å². The molecule has 2 unspecified atom stereocenters. The van der Waals surface area contributed by atoms with Crippen LogP contribution in [0.3, 0.4) is 0 Å². The van der Waals surface area contributed by atoms with Gasteiger partial charge in [-0.05, 0) is 0 Å². The summed E-state index contributed by atoms with van der Waals surface area (Å²) >= 11 is 0. The van der Waals surface area contributed by atoms with Gasteiger partial charge in [-0.1, -0.05) is 6.08 Å². The Hall–Kier alpha value is -0.930. The largest absolute Gasteiger partial charge is 0.392 e. The van der Waals surface area contributed by atoms with Gasteiger partial charge >= 0.3 is 11.9 Å². The number of carbonyl (C=O) groups is 2. The minimum Gasteiger partial charge on any atom is -0.392 e. The second-order valence-electron chi connectivity index (χ2n) is 2.47. The summed E-state index contributed by atoms with van der Waals surface area (Å²) in [4.78, 5) is 21.5. The Kier molecular flexibility index (Phi) is 3.39. The van der Waals surface area contributed by atoms with E-state index in [1.807, 2.05) is 0 Å². The van der Waals surface area contributed by atoms with E-state index in [0.717, 1.165) is 0 Å². The zero-order chi connectivity index (χ0) is 9.84. The maximum absolute atomic E-state index is 11.2. The molecule has 0 N–H and O–H groups in total. The van der Waals surface area contributed by atoms with Crippen molar-refractivity contribution in [2.24, 2.45) is 0 Å². The number of ether oxygens (including phenoxy) is 1. The van der Waals surface area contributed by atoms with Crippen molar-refractivity contribution in [1.82, 2.24) is 0 Å². The molecule has 0 aromatic heterocycles. The molecule has 0 saturated carbocycles. The van der Waals surface area contributed by atoms with Crippen molar-refractivity contribution in [3.05, 3.63) is 12.7 Å². The van der Waals surface area contributed by atoms with Crippen molar-refractivity contribution in [2.45, 2.75) is 12.1 Å². The molecule has 0 bridgehead atoms. The molecule has 0 amide bonds. The number of hydrogen-bond donors (Lipinski definition) is 0. The lowest BCUT2D eigenvalue weighted by Gasteiger charge is -2.03. The summed E-state index contributed by atoms with van der Waals surface area (Å²) in [7, 11) is -2.53. The van der Waals surface area contributed by atoms with Crippen LogP contribution in [-0.2, 0) is 23.4 Å². The molecule has 1 heterocycles. The van der Waals surface area contributed by atoms with Crippen LogP contribution in [-0.4, -0.2) is 24.2 Å². The average molecular weight is 204 g/mol. The van der Waals surface area contributed by atoms with E-state index in [-0.39, 0.29) is 13.0 Å². The van der Waals surface area contributed by atoms with E-state index in [9.17, 15) is 14.2 Å². The Labute approximate surface area is 75.6 Å². The Balaban J connectivity index is 2.52. The molecule has 0 aromatic carbocycles. The highest BCUT2D eigenvalue weighted by molar-refractivity contribution is 7.41. The fourth-order valence-corrected chi connectivity index (χ4v) is 1.96. The molecular weight excluding hydrogens is 195 g/mol. The van der Waals surface area contributed by atoms with Gasteiger partial charge in [0.25, 0.3) is 0 Å².